The first-order chi connectivity index (χ1) is 7.77. The molecule has 84 valence electrons. The molecule has 0 unspecified atom stereocenters. The van der Waals surface area contributed by atoms with Crippen molar-refractivity contribution in [3.8, 4) is 10.6 Å². The topological polar surface area (TPSA) is 22.0 Å². The van der Waals surface area contributed by atoms with Gasteiger partial charge in [0.05, 0.1) is 10.6 Å². The SMILES string of the molecule is CCn1c(-c2cccs2)ccc(CS)c1=O. The Bertz CT molecular complexity index is 528. The standard InChI is InChI=1S/C12H13NOS2/c1-2-13-10(11-4-3-7-16-11)6-5-9(8-15)12(13)14/h3-7,15H,2,8H2,1H3. The highest BCUT2D eigenvalue weighted by Crippen LogP contribution is 2.23. The lowest BCUT2D eigenvalue weighted by Gasteiger charge is -2.10. The summed E-state index contributed by atoms with van der Waals surface area (Å²) in [4.78, 5) is 13.2. The summed E-state index contributed by atoms with van der Waals surface area (Å²) in [7, 11) is 0. The van der Waals surface area contributed by atoms with Gasteiger partial charge in [-0.3, -0.25) is 4.79 Å². The van der Waals surface area contributed by atoms with Crippen LogP contribution in [0.5, 0.6) is 0 Å². The van der Waals surface area contributed by atoms with Crippen LogP contribution in [0.4, 0.5) is 0 Å². The molecule has 16 heavy (non-hydrogen) atoms. The van der Waals surface area contributed by atoms with Gasteiger partial charge in [0.2, 0.25) is 0 Å². The van der Waals surface area contributed by atoms with Gasteiger partial charge in [0, 0.05) is 17.9 Å². The number of rotatable bonds is 3. The zero-order chi connectivity index (χ0) is 11.5. The van der Waals surface area contributed by atoms with E-state index in [1.54, 1.807) is 15.9 Å². The molecule has 2 nitrogen and oxygen atoms in total. The Hall–Kier alpha value is -1.00. The molecule has 4 heteroatoms. The predicted molar refractivity (Wildman–Crippen MR) is 72.4 cm³/mol. The Balaban J connectivity index is 2.64. The van der Waals surface area contributed by atoms with Crippen LogP contribution in [-0.4, -0.2) is 4.57 Å². The Morgan fingerprint density at radius 2 is 2.19 bits per heavy atom. The molecule has 0 spiro atoms. The summed E-state index contributed by atoms with van der Waals surface area (Å²) < 4.78 is 1.80. The van der Waals surface area contributed by atoms with Crippen molar-refractivity contribution in [1.29, 1.82) is 0 Å². The second kappa shape index (κ2) is 4.89. The molecule has 0 aliphatic heterocycles. The van der Waals surface area contributed by atoms with E-state index in [1.807, 2.05) is 36.6 Å². The highest BCUT2D eigenvalue weighted by molar-refractivity contribution is 7.79. The predicted octanol–water partition coefficient (Wildman–Crippen LogP) is 3.03. The molecule has 0 radical (unpaired) electrons. The van der Waals surface area contributed by atoms with E-state index < -0.39 is 0 Å². The summed E-state index contributed by atoms with van der Waals surface area (Å²) in [5, 5.41) is 2.02. The third kappa shape index (κ3) is 1.95. The second-order valence-corrected chi connectivity index (χ2v) is 4.69. The van der Waals surface area contributed by atoms with E-state index in [-0.39, 0.29) is 5.56 Å². The van der Waals surface area contributed by atoms with E-state index in [1.165, 1.54) is 0 Å². The fourth-order valence-electron chi connectivity index (χ4n) is 1.70. The van der Waals surface area contributed by atoms with E-state index in [4.69, 9.17) is 0 Å². The molecule has 0 bridgehead atoms. The largest absolute Gasteiger partial charge is 0.307 e. The van der Waals surface area contributed by atoms with Crippen LogP contribution in [-0.2, 0) is 12.3 Å². The number of hydrogen-bond acceptors (Lipinski definition) is 3. The van der Waals surface area contributed by atoms with Crippen molar-refractivity contribution in [2.45, 2.75) is 19.2 Å². The van der Waals surface area contributed by atoms with Crippen LogP contribution in [0.25, 0.3) is 10.6 Å². The molecule has 0 N–H and O–H groups in total. The molecule has 2 heterocycles. The average molecular weight is 251 g/mol. The van der Waals surface area contributed by atoms with E-state index in [0.717, 1.165) is 16.1 Å². The zero-order valence-electron chi connectivity index (χ0n) is 9.01. The lowest BCUT2D eigenvalue weighted by molar-refractivity contribution is 0.730. The van der Waals surface area contributed by atoms with Gasteiger partial charge in [-0.2, -0.15) is 12.6 Å². The van der Waals surface area contributed by atoms with Crippen LogP contribution in [0.15, 0.2) is 34.4 Å². The minimum absolute atomic E-state index is 0.0726. The van der Waals surface area contributed by atoms with Gasteiger partial charge in [0.1, 0.15) is 0 Å². The molecular formula is C12H13NOS2. The Labute approximate surface area is 104 Å². The Morgan fingerprint density at radius 1 is 1.38 bits per heavy atom. The van der Waals surface area contributed by atoms with Gasteiger partial charge in [0.25, 0.3) is 5.56 Å². The third-order valence-electron chi connectivity index (χ3n) is 2.51. The van der Waals surface area contributed by atoms with E-state index in [0.29, 0.717) is 12.3 Å². The summed E-state index contributed by atoms with van der Waals surface area (Å²) in [5.74, 6) is 0.490. The highest BCUT2D eigenvalue weighted by Gasteiger charge is 2.08. The lowest BCUT2D eigenvalue weighted by Crippen LogP contribution is -2.23. The van der Waals surface area contributed by atoms with Crippen molar-refractivity contribution in [1.82, 2.24) is 4.57 Å². The number of pyridine rings is 1. The van der Waals surface area contributed by atoms with Crippen molar-refractivity contribution in [3.05, 3.63) is 45.6 Å². The Kier molecular flexibility index (Phi) is 3.51. The maximum atomic E-state index is 12.1. The van der Waals surface area contributed by atoms with Crippen molar-refractivity contribution < 1.29 is 0 Å². The van der Waals surface area contributed by atoms with Crippen molar-refractivity contribution >= 4 is 24.0 Å². The monoisotopic (exact) mass is 251 g/mol. The second-order valence-electron chi connectivity index (χ2n) is 3.43. The van der Waals surface area contributed by atoms with Crippen LogP contribution in [0.3, 0.4) is 0 Å². The summed E-state index contributed by atoms with van der Waals surface area (Å²) in [6, 6.07) is 7.90. The molecule has 0 aromatic carbocycles. The quantitative estimate of drug-likeness (QED) is 0.832. The van der Waals surface area contributed by atoms with Crippen LogP contribution < -0.4 is 5.56 Å². The maximum Gasteiger partial charge on any atom is 0.255 e. The maximum absolute atomic E-state index is 12.1. The number of aromatic nitrogens is 1. The van der Waals surface area contributed by atoms with E-state index in [9.17, 15) is 4.79 Å². The molecule has 2 aromatic rings. The van der Waals surface area contributed by atoms with Crippen molar-refractivity contribution in [2.24, 2.45) is 0 Å². The smallest absolute Gasteiger partial charge is 0.255 e. The molecular weight excluding hydrogens is 238 g/mol. The van der Waals surface area contributed by atoms with Crippen LogP contribution >= 0.6 is 24.0 Å². The average Bonchev–Trinajstić information content (AvgIpc) is 2.82. The molecule has 0 aliphatic rings. The fraction of sp³-hybridized carbons (Fsp3) is 0.250. The van der Waals surface area contributed by atoms with Gasteiger partial charge in [-0.05, 0) is 24.4 Å². The Morgan fingerprint density at radius 3 is 2.75 bits per heavy atom. The van der Waals surface area contributed by atoms with Crippen molar-refractivity contribution in [3.63, 3.8) is 0 Å². The lowest BCUT2D eigenvalue weighted by atomic mass is 10.2. The van der Waals surface area contributed by atoms with Crippen molar-refractivity contribution in [2.75, 3.05) is 0 Å². The molecule has 2 aromatic heterocycles. The van der Waals surface area contributed by atoms with E-state index >= 15 is 0 Å². The molecule has 0 aliphatic carbocycles. The van der Waals surface area contributed by atoms with Gasteiger partial charge in [-0.15, -0.1) is 11.3 Å². The highest BCUT2D eigenvalue weighted by atomic mass is 32.1. The van der Waals surface area contributed by atoms with Gasteiger partial charge in [-0.1, -0.05) is 12.1 Å². The first-order valence-electron chi connectivity index (χ1n) is 5.15. The first-order valence-corrected chi connectivity index (χ1v) is 6.66. The molecule has 0 saturated carbocycles. The van der Waals surface area contributed by atoms with Gasteiger partial charge < -0.3 is 4.57 Å². The minimum atomic E-state index is 0.0726. The number of thiol groups is 1. The summed E-state index contributed by atoms with van der Waals surface area (Å²) in [6.45, 7) is 2.68. The van der Waals surface area contributed by atoms with Crippen LogP contribution in [0, 0.1) is 0 Å². The van der Waals surface area contributed by atoms with E-state index in [2.05, 4.69) is 12.6 Å². The third-order valence-corrected chi connectivity index (χ3v) is 3.75. The molecule has 0 amide bonds. The minimum Gasteiger partial charge on any atom is -0.307 e. The zero-order valence-corrected chi connectivity index (χ0v) is 10.7. The van der Waals surface area contributed by atoms with Crippen LogP contribution in [0.1, 0.15) is 12.5 Å². The van der Waals surface area contributed by atoms with Gasteiger partial charge in [0.15, 0.2) is 0 Å². The molecule has 0 atom stereocenters. The molecule has 0 fully saturated rings. The summed E-state index contributed by atoms with van der Waals surface area (Å²) >= 11 is 5.81. The summed E-state index contributed by atoms with van der Waals surface area (Å²) in [6.07, 6.45) is 0. The normalized spacial score (nSPS) is 10.6. The van der Waals surface area contributed by atoms with Gasteiger partial charge >= 0.3 is 0 Å². The number of nitrogens with zero attached hydrogens (tertiary/aromatic N) is 1. The summed E-state index contributed by atoms with van der Waals surface area (Å²) in [5.41, 5.74) is 1.82. The molecule has 2 rings (SSSR count). The first kappa shape index (κ1) is 11.5. The van der Waals surface area contributed by atoms with Gasteiger partial charge in [-0.25, -0.2) is 0 Å². The molecule has 0 saturated heterocycles. The number of thiophene rings is 1. The van der Waals surface area contributed by atoms with Crippen LogP contribution in [0.2, 0.25) is 0 Å². The fourth-order valence-corrected chi connectivity index (χ4v) is 2.70. The number of hydrogen-bond donors (Lipinski definition) is 1.